The van der Waals surface area contributed by atoms with Crippen LogP contribution in [0.2, 0.25) is 0 Å². The summed E-state index contributed by atoms with van der Waals surface area (Å²) in [7, 11) is 1.78. The molecule has 1 aliphatic heterocycles. The Bertz CT molecular complexity index is 1070. The van der Waals surface area contributed by atoms with Gasteiger partial charge in [-0.2, -0.15) is 5.10 Å². The standard InChI is InChI=1S/C19H24N6O2S/c1-12(2)25-18(27)16-15(13(3)21-22(16)4)20-19(25)24-9-7-23(8-10-24)17(26)14-6-5-11-28-14/h5-6,11-12H,7-10H2,1-4H3. The molecule has 1 aliphatic rings. The lowest BCUT2D eigenvalue weighted by Crippen LogP contribution is -2.50. The number of anilines is 1. The highest BCUT2D eigenvalue weighted by molar-refractivity contribution is 7.12. The molecule has 9 heteroatoms. The van der Waals surface area contributed by atoms with Crippen LogP contribution in [0.4, 0.5) is 5.95 Å². The molecule has 0 radical (unpaired) electrons. The lowest BCUT2D eigenvalue weighted by Gasteiger charge is -2.36. The number of fused-ring (bicyclic) bond motifs is 1. The number of nitrogens with zero attached hydrogens (tertiary/aromatic N) is 6. The van der Waals surface area contributed by atoms with Crippen molar-refractivity contribution in [1.29, 1.82) is 0 Å². The Labute approximate surface area is 167 Å². The van der Waals surface area contributed by atoms with Crippen LogP contribution in [-0.4, -0.2) is 56.3 Å². The average molecular weight is 401 g/mol. The first-order valence-corrected chi connectivity index (χ1v) is 10.3. The third-order valence-corrected chi connectivity index (χ3v) is 6.00. The van der Waals surface area contributed by atoms with Gasteiger partial charge in [-0.1, -0.05) is 6.07 Å². The first kappa shape index (κ1) is 18.7. The summed E-state index contributed by atoms with van der Waals surface area (Å²) >= 11 is 1.46. The van der Waals surface area contributed by atoms with Gasteiger partial charge in [0.2, 0.25) is 5.95 Å². The SMILES string of the molecule is Cc1nn(C)c2c(=O)n(C(C)C)c(N3CCN(C(=O)c4cccs4)CC3)nc12. The van der Waals surface area contributed by atoms with Gasteiger partial charge >= 0.3 is 0 Å². The van der Waals surface area contributed by atoms with Crippen molar-refractivity contribution in [2.24, 2.45) is 7.05 Å². The zero-order valence-electron chi connectivity index (χ0n) is 16.5. The Hall–Kier alpha value is -2.68. The van der Waals surface area contributed by atoms with Crippen LogP contribution in [-0.2, 0) is 7.05 Å². The molecule has 0 unspecified atom stereocenters. The number of amides is 1. The monoisotopic (exact) mass is 400 g/mol. The molecular weight excluding hydrogens is 376 g/mol. The van der Waals surface area contributed by atoms with E-state index in [9.17, 15) is 9.59 Å². The molecule has 1 fully saturated rings. The second kappa shape index (κ2) is 7.05. The summed E-state index contributed by atoms with van der Waals surface area (Å²) in [5.41, 5.74) is 1.85. The summed E-state index contributed by atoms with van der Waals surface area (Å²) in [5, 5.41) is 6.29. The van der Waals surface area contributed by atoms with Crippen molar-refractivity contribution < 1.29 is 4.79 Å². The van der Waals surface area contributed by atoms with Crippen LogP contribution in [0.5, 0.6) is 0 Å². The Morgan fingerprint density at radius 3 is 2.54 bits per heavy atom. The van der Waals surface area contributed by atoms with Crippen LogP contribution in [0.25, 0.3) is 11.0 Å². The van der Waals surface area contributed by atoms with Crippen LogP contribution >= 0.6 is 11.3 Å². The predicted octanol–water partition coefficient (Wildman–Crippen LogP) is 2.04. The highest BCUT2D eigenvalue weighted by Crippen LogP contribution is 2.22. The number of aryl methyl sites for hydroxylation is 2. The molecule has 148 valence electrons. The van der Waals surface area contributed by atoms with E-state index in [0.29, 0.717) is 43.2 Å². The highest BCUT2D eigenvalue weighted by Gasteiger charge is 2.27. The van der Waals surface area contributed by atoms with E-state index in [4.69, 9.17) is 4.98 Å². The minimum atomic E-state index is -0.0739. The fourth-order valence-electron chi connectivity index (χ4n) is 3.73. The molecule has 0 bridgehead atoms. The van der Waals surface area contributed by atoms with Crippen LogP contribution in [0.15, 0.2) is 22.3 Å². The molecule has 0 aliphatic carbocycles. The molecule has 0 spiro atoms. The normalized spacial score (nSPS) is 15.0. The summed E-state index contributed by atoms with van der Waals surface area (Å²) in [6, 6.07) is 3.72. The van der Waals surface area contributed by atoms with E-state index in [1.54, 1.807) is 16.3 Å². The molecule has 0 saturated carbocycles. The van der Waals surface area contributed by atoms with Crippen molar-refractivity contribution in [2.45, 2.75) is 26.8 Å². The van der Waals surface area contributed by atoms with Crippen molar-refractivity contribution in [3.8, 4) is 0 Å². The number of carbonyl (C=O) groups excluding carboxylic acids is 1. The third kappa shape index (κ3) is 2.99. The lowest BCUT2D eigenvalue weighted by atomic mass is 10.2. The van der Waals surface area contributed by atoms with Crippen LogP contribution in [0.1, 0.15) is 35.3 Å². The lowest BCUT2D eigenvalue weighted by molar-refractivity contribution is 0.0750. The molecule has 4 heterocycles. The van der Waals surface area contributed by atoms with Gasteiger partial charge in [-0.3, -0.25) is 18.8 Å². The predicted molar refractivity (Wildman–Crippen MR) is 110 cm³/mol. The maximum Gasteiger partial charge on any atom is 0.281 e. The van der Waals surface area contributed by atoms with Crippen LogP contribution in [0, 0.1) is 6.92 Å². The van der Waals surface area contributed by atoms with Gasteiger partial charge < -0.3 is 9.80 Å². The number of hydrogen-bond acceptors (Lipinski definition) is 6. The van der Waals surface area contributed by atoms with E-state index in [0.717, 1.165) is 10.6 Å². The summed E-state index contributed by atoms with van der Waals surface area (Å²) in [6.45, 7) is 8.33. The Morgan fingerprint density at radius 2 is 1.93 bits per heavy atom. The van der Waals surface area contributed by atoms with Gasteiger partial charge in [0.25, 0.3) is 11.5 Å². The van der Waals surface area contributed by atoms with Gasteiger partial charge in [0, 0.05) is 39.3 Å². The fraction of sp³-hybridized carbons (Fsp3) is 0.474. The number of hydrogen-bond donors (Lipinski definition) is 0. The summed E-state index contributed by atoms with van der Waals surface area (Å²) < 4.78 is 3.35. The van der Waals surface area contributed by atoms with Gasteiger partial charge in [0.1, 0.15) is 5.52 Å². The van der Waals surface area contributed by atoms with E-state index < -0.39 is 0 Å². The molecule has 1 saturated heterocycles. The summed E-state index contributed by atoms with van der Waals surface area (Å²) in [4.78, 5) is 35.3. The highest BCUT2D eigenvalue weighted by atomic mass is 32.1. The van der Waals surface area contributed by atoms with Gasteiger partial charge in [0.05, 0.1) is 10.6 Å². The molecule has 28 heavy (non-hydrogen) atoms. The summed E-state index contributed by atoms with van der Waals surface area (Å²) in [5.74, 6) is 0.731. The van der Waals surface area contributed by atoms with Crippen molar-refractivity contribution in [3.05, 3.63) is 38.4 Å². The van der Waals surface area contributed by atoms with Crippen LogP contribution in [0.3, 0.4) is 0 Å². The molecule has 1 amide bonds. The van der Waals surface area contributed by atoms with E-state index in [2.05, 4.69) is 10.00 Å². The smallest absolute Gasteiger partial charge is 0.281 e. The van der Waals surface area contributed by atoms with E-state index in [1.165, 1.54) is 11.3 Å². The first-order valence-electron chi connectivity index (χ1n) is 9.42. The number of piperazine rings is 1. The number of carbonyl (C=O) groups is 1. The van der Waals surface area contributed by atoms with E-state index in [1.807, 2.05) is 43.2 Å². The van der Waals surface area contributed by atoms with Gasteiger partial charge in [-0.05, 0) is 32.2 Å². The third-order valence-electron chi connectivity index (χ3n) is 5.14. The van der Waals surface area contributed by atoms with Gasteiger partial charge in [0.15, 0.2) is 5.52 Å². The van der Waals surface area contributed by atoms with Gasteiger partial charge in [-0.25, -0.2) is 4.98 Å². The molecule has 8 nitrogen and oxygen atoms in total. The van der Waals surface area contributed by atoms with Crippen molar-refractivity contribution in [2.75, 3.05) is 31.1 Å². The molecule has 3 aromatic rings. The van der Waals surface area contributed by atoms with Gasteiger partial charge in [-0.15, -0.1) is 11.3 Å². The number of rotatable bonds is 3. The zero-order valence-corrected chi connectivity index (χ0v) is 17.4. The topological polar surface area (TPSA) is 76.3 Å². The Balaban J connectivity index is 1.66. The average Bonchev–Trinajstić information content (AvgIpc) is 3.29. The van der Waals surface area contributed by atoms with E-state index in [-0.39, 0.29) is 17.5 Å². The minimum Gasteiger partial charge on any atom is -0.339 e. The Morgan fingerprint density at radius 1 is 1.21 bits per heavy atom. The van der Waals surface area contributed by atoms with Crippen molar-refractivity contribution >= 4 is 34.2 Å². The zero-order chi connectivity index (χ0) is 20.0. The molecular formula is C19H24N6O2S. The van der Waals surface area contributed by atoms with Crippen molar-refractivity contribution in [1.82, 2.24) is 24.2 Å². The summed E-state index contributed by atoms with van der Waals surface area (Å²) in [6.07, 6.45) is 0. The van der Waals surface area contributed by atoms with E-state index >= 15 is 0 Å². The molecule has 0 N–H and O–H groups in total. The van der Waals surface area contributed by atoms with Crippen LogP contribution < -0.4 is 10.5 Å². The number of thiophene rings is 1. The second-order valence-electron chi connectivity index (χ2n) is 7.34. The van der Waals surface area contributed by atoms with Crippen molar-refractivity contribution in [3.63, 3.8) is 0 Å². The first-order chi connectivity index (χ1) is 13.4. The Kier molecular flexibility index (Phi) is 4.70. The molecule has 0 aromatic carbocycles. The molecule has 0 atom stereocenters. The maximum atomic E-state index is 13.2. The molecule has 3 aromatic heterocycles. The molecule has 4 rings (SSSR count). The quantitative estimate of drug-likeness (QED) is 0.673. The minimum absolute atomic E-state index is 0.0274. The largest absolute Gasteiger partial charge is 0.339 e. The fourth-order valence-corrected chi connectivity index (χ4v) is 4.42. The number of aromatic nitrogens is 4. The second-order valence-corrected chi connectivity index (χ2v) is 8.29. The maximum absolute atomic E-state index is 13.2.